The van der Waals surface area contributed by atoms with Crippen LogP contribution in [0.25, 0.3) is 0 Å². The molecule has 2 rings (SSSR count). The van der Waals surface area contributed by atoms with E-state index in [1.807, 2.05) is 0 Å². The van der Waals surface area contributed by atoms with Gasteiger partial charge in [-0.05, 0) is 44.2 Å². The summed E-state index contributed by atoms with van der Waals surface area (Å²) in [6.07, 6.45) is 10.7. The van der Waals surface area contributed by atoms with Crippen LogP contribution in [0.2, 0.25) is 0 Å². The number of aliphatic hydroxyl groups excluding tert-OH is 1. The summed E-state index contributed by atoms with van der Waals surface area (Å²) in [4.78, 5) is 2.59. The fourth-order valence-corrected chi connectivity index (χ4v) is 3.99. The third kappa shape index (κ3) is 4.17. The molecule has 0 bridgehead atoms. The van der Waals surface area contributed by atoms with Crippen molar-refractivity contribution in [2.75, 3.05) is 32.8 Å². The second-order valence-corrected chi connectivity index (χ2v) is 6.64. The van der Waals surface area contributed by atoms with Crippen LogP contribution in [-0.2, 0) is 0 Å². The van der Waals surface area contributed by atoms with Crippen LogP contribution in [-0.4, -0.2) is 48.8 Å². The highest BCUT2D eigenvalue weighted by Gasteiger charge is 2.35. The molecule has 0 aromatic rings. The molecule has 3 nitrogen and oxygen atoms in total. The summed E-state index contributed by atoms with van der Waals surface area (Å²) in [6.45, 7) is 7.18. The maximum Gasteiger partial charge on any atom is 0.0586 e. The average molecular weight is 268 g/mol. The molecule has 112 valence electrons. The van der Waals surface area contributed by atoms with Crippen molar-refractivity contribution in [1.29, 1.82) is 0 Å². The normalized spacial score (nSPS) is 28.4. The SMILES string of the molecule is CCNCC1(CN2CCCCC2CO)CCCCC1. The Labute approximate surface area is 118 Å². The number of nitrogens with zero attached hydrogens (tertiary/aromatic N) is 1. The minimum absolute atomic E-state index is 0.345. The van der Waals surface area contributed by atoms with Crippen LogP contribution in [0, 0.1) is 5.41 Å². The van der Waals surface area contributed by atoms with Gasteiger partial charge in [0.25, 0.3) is 0 Å². The van der Waals surface area contributed by atoms with Crippen molar-refractivity contribution >= 4 is 0 Å². The van der Waals surface area contributed by atoms with Crippen molar-refractivity contribution in [2.24, 2.45) is 5.41 Å². The van der Waals surface area contributed by atoms with E-state index in [4.69, 9.17) is 0 Å². The second kappa shape index (κ2) is 7.61. The molecule has 0 aromatic heterocycles. The third-order valence-corrected chi connectivity index (χ3v) is 5.16. The number of nitrogens with one attached hydrogen (secondary N) is 1. The van der Waals surface area contributed by atoms with Gasteiger partial charge in [-0.25, -0.2) is 0 Å². The summed E-state index contributed by atoms with van der Waals surface area (Å²) in [6, 6.07) is 0.425. The smallest absolute Gasteiger partial charge is 0.0586 e. The van der Waals surface area contributed by atoms with Gasteiger partial charge in [-0.2, -0.15) is 0 Å². The molecular weight excluding hydrogens is 236 g/mol. The molecule has 0 spiro atoms. The maximum atomic E-state index is 9.59. The molecule has 2 fully saturated rings. The van der Waals surface area contributed by atoms with Crippen molar-refractivity contribution in [3.05, 3.63) is 0 Å². The molecule has 0 amide bonds. The molecular formula is C16H32N2O. The Kier molecular flexibility index (Phi) is 6.11. The highest BCUT2D eigenvalue weighted by Crippen LogP contribution is 2.37. The van der Waals surface area contributed by atoms with Crippen molar-refractivity contribution in [2.45, 2.75) is 64.3 Å². The van der Waals surface area contributed by atoms with E-state index in [1.165, 1.54) is 64.5 Å². The molecule has 1 unspecified atom stereocenters. The van der Waals surface area contributed by atoms with Gasteiger partial charge in [0.2, 0.25) is 0 Å². The van der Waals surface area contributed by atoms with Crippen LogP contribution in [0.5, 0.6) is 0 Å². The van der Waals surface area contributed by atoms with E-state index in [9.17, 15) is 5.11 Å². The number of rotatable bonds is 6. The predicted molar refractivity (Wildman–Crippen MR) is 80.4 cm³/mol. The molecule has 19 heavy (non-hydrogen) atoms. The average Bonchev–Trinajstić information content (AvgIpc) is 2.47. The Bertz CT molecular complexity index is 251. The summed E-state index contributed by atoms with van der Waals surface area (Å²) in [7, 11) is 0. The molecule has 2 N–H and O–H groups in total. The summed E-state index contributed by atoms with van der Waals surface area (Å²) >= 11 is 0. The fraction of sp³-hybridized carbons (Fsp3) is 1.00. The molecule has 1 atom stereocenters. The van der Waals surface area contributed by atoms with E-state index >= 15 is 0 Å². The Balaban J connectivity index is 1.97. The number of piperidine rings is 1. The monoisotopic (exact) mass is 268 g/mol. The number of hydrogen-bond acceptors (Lipinski definition) is 3. The lowest BCUT2D eigenvalue weighted by atomic mass is 9.73. The van der Waals surface area contributed by atoms with E-state index < -0.39 is 0 Å². The zero-order valence-corrected chi connectivity index (χ0v) is 12.7. The van der Waals surface area contributed by atoms with Crippen LogP contribution in [0.4, 0.5) is 0 Å². The predicted octanol–water partition coefficient (Wildman–Crippen LogP) is 2.39. The first-order chi connectivity index (χ1) is 9.29. The van der Waals surface area contributed by atoms with Gasteiger partial charge < -0.3 is 10.4 Å². The van der Waals surface area contributed by atoms with Gasteiger partial charge in [-0.3, -0.25) is 4.90 Å². The van der Waals surface area contributed by atoms with Crippen LogP contribution >= 0.6 is 0 Å². The quantitative estimate of drug-likeness (QED) is 0.776. The van der Waals surface area contributed by atoms with Gasteiger partial charge in [0.05, 0.1) is 6.61 Å². The van der Waals surface area contributed by atoms with E-state index in [-0.39, 0.29) is 0 Å². The third-order valence-electron chi connectivity index (χ3n) is 5.16. The molecule has 1 aliphatic heterocycles. The molecule has 0 radical (unpaired) electrons. The van der Waals surface area contributed by atoms with Crippen LogP contribution < -0.4 is 5.32 Å². The Morgan fingerprint density at radius 3 is 2.63 bits per heavy atom. The fourth-order valence-electron chi connectivity index (χ4n) is 3.99. The lowest BCUT2D eigenvalue weighted by Gasteiger charge is -2.45. The molecule has 3 heteroatoms. The van der Waals surface area contributed by atoms with E-state index in [0.717, 1.165) is 13.1 Å². The van der Waals surface area contributed by atoms with Crippen molar-refractivity contribution in [3.63, 3.8) is 0 Å². The van der Waals surface area contributed by atoms with Gasteiger partial charge >= 0.3 is 0 Å². The molecule has 0 aromatic carbocycles. The molecule has 1 heterocycles. The topological polar surface area (TPSA) is 35.5 Å². The minimum Gasteiger partial charge on any atom is -0.395 e. The van der Waals surface area contributed by atoms with Gasteiger partial charge in [0.1, 0.15) is 0 Å². The first-order valence-electron chi connectivity index (χ1n) is 8.35. The first-order valence-corrected chi connectivity index (χ1v) is 8.35. The van der Waals surface area contributed by atoms with Crippen LogP contribution in [0.15, 0.2) is 0 Å². The molecule has 2 aliphatic rings. The lowest BCUT2D eigenvalue weighted by molar-refractivity contribution is 0.0312. The van der Waals surface area contributed by atoms with Gasteiger partial charge in [0, 0.05) is 19.1 Å². The second-order valence-electron chi connectivity index (χ2n) is 6.64. The van der Waals surface area contributed by atoms with Crippen LogP contribution in [0.1, 0.15) is 58.3 Å². The largest absolute Gasteiger partial charge is 0.395 e. The number of likely N-dealkylation sites (tertiary alicyclic amines) is 1. The van der Waals surface area contributed by atoms with Gasteiger partial charge in [0.15, 0.2) is 0 Å². The highest BCUT2D eigenvalue weighted by molar-refractivity contribution is 4.90. The highest BCUT2D eigenvalue weighted by atomic mass is 16.3. The van der Waals surface area contributed by atoms with Crippen molar-refractivity contribution < 1.29 is 5.11 Å². The standard InChI is InChI=1S/C16H32N2O/c1-2-17-13-16(9-5-3-6-10-16)14-18-11-7-4-8-15(18)12-19/h15,17,19H,2-14H2,1H3. The van der Waals surface area contributed by atoms with Crippen molar-refractivity contribution in [3.8, 4) is 0 Å². The zero-order valence-electron chi connectivity index (χ0n) is 12.7. The number of aliphatic hydroxyl groups is 1. The summed E-state index contributed by atoms with van der Waals surface area (Å²) in [5.74, 6) is 0. The first kappa shape index (κ1) is 15.3. The van der Waals surface area contributed by atoms with Gasteiger partial charge in [-0.15, -0.1) is 0 Å². The summed E-state index contributed by atoms with van der Waals surface area (Å²) in [5, 5.41) is 13.2. The zero-order chi connectivity index (χ0) is 13.6. The Morgan fingerprint density at radius 1 is 1.16 bits per heavy atom. The number of hydrogen-bond donors (Lipinski definition) is 2. The Hall–Kier alpha value is -0.120. The summed E-state index contributed by atoms with van der Waals surface area (Å²) in [5.41, 5.74) is 0.471. The maximum absolute atomic E-state index is 9.59. The van der Waals surface area contributed by atoms with Gasteiger partial charge in [-0.1, -0.05) is 32.6 Å². The Morgan fingerprint density at radius 2 is 1.95 bits per heavy atom. The van der Waals surface area contributed by atoms with E-state index in [1.54, 1.807) is 0 Å². The molecule has 1 aliphatic carbocycles. The lowest BCUT2D eigenvalue weighted by Crippen LogP contribution is -2.51. The molecule has 1 saturated heterocycles. The van der Waals surface area contributed by atoms with E-state index in [2.05, 4.69) is 17.1 Å². The summed E-state index contributed by atoms with van der Waals surface area (Å²) < 4.78 is 0. The van der Waals surface area contributed by atoms with E-state index in [0.29, 0.717) is 18.1 Å². The van der Waals surface area contributed by atoms with Crippen LogP contribution in [0.3, 0.4) is 0 Å². The van der Waals surface area contributed by atoms with Crippen molar-refractivity contribution in [1.82, 2.24) is 10.2 Å². The molecule has 1 saturated carbocycles. The minimum atomic E-state index is 0.345.